The van der Waals surface area contributed by atoms with E-state index in [9.17, 15) is 13.2 Å². The summed E-state index contributed by atoms with van der Waals surface area (Å²) >= 11 is 3.35. The van der Waals surface area contributed by atoms with E-state index in [4.69, 9.17) is 5.73 Å². The Balaban J connectivity index is 3.18. The van der Waals surface area contributed by atoms with Gasteiger partial charge in [-0.15, -0.1) is 0 Å². The van der Waals surface area contributed by atoms with Crippen molar-refractivity contribution in [1.82, 2.24) is 0 Å². The SMILES string of the molecule is CC(N)Cc1cc(Br)ccc1N(CC(F)(F)F)C(C)C. The van der Waals surface area contributed by atoms with E-state index in [-0.39, 0.29) is 12.1 Å². The average molecular weight is 353 g/mol. The van der Waals surface area contributed by atoms with E-state index in [1.54, 1.807) is 26.0 Å². The lowest BCUT2D eigenvalue weighted by atomic mass is 10.0. The Labute approximate surface area is 126 Å². The highest BCUT2D eigenvalue weighted by atomic mass is 79.9. The standard InChI is InChI=1S/C14H20BrF3N2/c1-9(2)20(8-14(16,17)18)13-5-4-12(15)7-11(13)6-10(3)19/h4-5,7,9-10H,6,8,19H2,1-3H3. The number of alkyl halides is 3. The van der Waals surface area contributed by atoms with Gasteiger partial charge in [-0.05, 0) is 51.0 Å². The largest absolute Gasteiger partial charge is 0.405 e. The highest BCUT2D eigenvalue weighted by Gasteiger charge is 2.32. The third-order valence-electron chi connectivity index (χ3n) is 2.87. The van der Waals surface area contributed by atoms with Gasteiger partial charge in [-0.2, -0.15) is 13.2 Å². The van der Waals surface area contributed by atoms with Gasteiger partial charge in [0, 0.05) is 22.2 Å². The van der Waals surface area contributed by atoms with E-state index in [1.165, 1.54) is 4.90 Å². The van der Waals surface area contributed by atoms with Gasteiger partial charge in [-0.25, -0.2) is 0 Å². The minimum atomic E-state index is -4.23. The predicted octanol–water partition coefficient (Wildman–Crippen LogP) is 4.12. The van der Waals surface area contributed by atoms with Crippen LogP contribution in [-0.4, -0.2) is 24.8 Å². The Kier molecular flexibility index (Phi) is 5.89. The molecule has 0 aromatic heterocycles. The number of nitrogens with two attached hydrogens (primary N) is 1. The summed E-state index contributed by atoms with van der Waals surface area (Å²) in [6.45, 7) is 4.39. The minimum Gasteiger partial charge on any atom is -0.360 e. The molecule has 0 heterocycles. The summed E-state index contributed by atoms with van der Waals surface area (Å²) in [5.41, 5.74) is 7.21. The molecule has 0 spiro atoms. The van der Waals surface area contributed by atoms with Crippen LogP contribution in [0.3, 0.4) is 0 Å². The summed E-state index contributed by atoms with van der Waals surface area (Å²) in [7, 11) is 0. The molecule has 0 aliphatic rings. The molecule has 1 atom stereocenters. The monoisotopic (exact) mass is 352 g/mol. The Morgan fingerprint density at radius 1 is 1.25 bits per heavy atom. The van der Waals surface area contributed by atoms with Crippen molar-refractivity contribution in [2.45, 2.75) is 45.5 Å². The van der Waals surface area contributed by atoms with Gasteiger partial charge in [0.25, 0.3) is 0 Å². The number of rotatable bonds is 5. The zero-order valence-corrected chi connectivity index (χ0v) is 13.4. The summed E-state index contributed by atoms with van der Waals surface area (Å²) < 4.78 is 39.1. The molecule has 114 valence electrons. The summed E-state index contributed by atoms with van der Waals surface area (Å²) in [5.74, 6) is 0. The molecular formula is C14H20BrF3N2. The van der Waals surface area contributed by atoms with Crippen LogP contribution in [0.1, 0.15) is 26.3 Å². The Hall–Kier alpha value is -0.750. The van der Waals surface area contributed by atoms with Crippen LogP contribution < -0.4 is 10.6 Å². The molecule has 2 N–H and O–H groups in total. The predicted molar refractivity (Wildman–Crippen MR) is 80.0 cm³/mol. The normalized spacial score (nSPS) is 13.7. The van der Waals surface area contributed by atoms with Crippen molar-refractivity contribution in [2.75, 3.05) is 11.4 Å². The van der Waals surface area contributed by atoms with Gasteiger partial charge in [0.15, 0.2) is 0 Å². The van der Waals surface area contributed by atoms with Crippen molar-refractivity contribution in [2.24, 2.45) is 5.73 Å². The molecule has 0 aliphatic carbocycles. The fourth-order valence-corrected chi connectivity index (χ4v) is 2.49. The van der Waals surface area contributed by atoms with Crippen LogP contribution in [-0.2, 0) is 6.42 Å². The zero-order valence-electron chi connectivity index (χ0n) is 11.8. The van der Waals surface area contributed by atoms with Crippen molar-refractivity contribution in [1.29, 1.82) is 0 Å². The second-order valence-corrected chi connectivity index (χ2v) is 6.21. The molecule has 0 bridgehead atoms. The first-order valence-electron chi connectivity index (χ1n) is 6.47. The lowest BCUT2D eigenvalue weighted by Gasteiger charge is -2.32. The van der Waals surface area contributed by atoms with Gasteiger partial charge < -0.3 is 10.6 Å². The molecule has 1 aromatic carbocycles. The number of hydrogen-bond acceptors (Lipinski definition) is 2. The van der Waals surface area contributed by atoms with Crippen LogP contribution in [0, 0.1) is 0 Å². The van der Waals surface area contributed by atoms with E-state index < -0.39 is 12.7 Å². The fraction of sp³-hybridized carbons (Fsp3) is 0.571. The van der Waals surface area contributed by atoms with Crippen molar-refractivity contribution in [3.05, 3.63) is 28.2 Å². The van der Waals surface area contributed by atoms with Crippen molar-refractivity contribution < 1.29 is 13.2 Å². The molecule has 1 aromatic rings. The minimum absolute atomic E-state index is 0.108. The number of hydrogen-bond donors (Lipinski definition) is 1. The molecule has 0 radical (unpaired) electrons. The molecule has 0 amide bonds. The number of anilines is 1. The zero-order chi connectivity index (χ0) is 15.5. The summed E-state index contributed by atoms with van der Waals surface area (Å²) in [6, 6.07) is 4.96. The molecular weight excluding hydrogens is 333 g/mol. The summed E-state index contributed by atoms with van der Waals surface area (Å²) in [5, 5.41) is 0. The van der Waals surface area contributed by atoms with E-state index in [2.05, 4.69) is 15.9 Å². The van der Waals surface area contributed by atoms with Crippen LogP contribution in [0.15, 0.2) is 22.7 Å². The maximum Gasteiger partial charge on any atom is 0.405 e. The van der Waals surface area contributed by atoms with E-state index >= 15 is 0 Å². The van der Waals surface area contributed by atoms with Crippen LogP contribution in [0.5, 0.6) is 0 Å². The summed E-state index contributed by atoms with van der Waals surface area (Å²) in [6.07, 6.45) is -3.70. The first kappa shape index (κ1) is 17.3. The molecule has 1 rings (SSSR count). The molecule has 0 aliphatic heterocycles. The van der Waals surface area contributed by atoms with E-state index in [1.807, 2.05) is 13.0 Å². The molecule has 0 fully saturated rings. The number of halogens is 4. The van der Waals surface area contributed by atoms with E-state index in [0.29, 0.717) is 12.1 Å². The maximum absolute atomic E-state index is 12.7. The second-order valence-electron chi connectivity index (χ2n) is 5.29. The number of nitrogens with zero attached hydrogens (tertiary/aromatic N) is 1. The van der Waals surface area contributed by atoms with Crippen LogP contribution in [0.4, 0.5) is 18.9 Å². The van der Waals surface area contributed by atoms with Gasteiger partial charge in [-0.3, -0.25) is 0 Å². The van der Waals surface area contributed by atoms with Gasteiger partial charge in [0.1, 0.15) is 6.54 Å². The highest BCUT2D eigenvalue weighted by molar-refractivity contribution is 9.10. The molecule has 0 saturated carbocycles. The average Bonchev–Trinajstić information content (AvgIpc) is 2.24. The maximum atomic E-state index is 12.7. The van der Waals surface area contributed by atoms with Crippen molar-refractivity contribution >= 4 is 21.6 Å². The third-order valence-corrected chi connectivity index (χ3v) is 3.36. The quantitative estimate of drug-likeness (QED) is 0.863. The van der Waals surface area contributed by atoms with Crippen LogP contribution >= 0.6 is 15.9 Å². The third kappa shape index (κ3) is 5.32. The summed E-state index contributed by atoms with van der Waals surface area (Å²) in [4.78, 5) is 1.37. The van der Waals surface area contributed by atoms with Gasteiger partial charge >= 0.3 is 6.18 Å². The van der Waals surface area contributed by atoms with Gasteiger partial charge in [0.2, 0.25) is 0 Å². The topological polar surface area (TPSA) is 29.3 Å². The fourth-order valence-electron chi connectivity index (χ4n) is 2.08. The van der Waals surface area contributed by atoms with Crippen LogP contribution in [0.2, 0.25) is 0 Å². The lowest BCUT2D eigenvalue weighted by Crippen LogP contribution is -2.40. The molecule has 2 nitrogen and oxygen atoms in total. The van der Waals surface area contributed by atoms with Crippen molar-refractivity contribution in [3.63, 3.8) is 0 Å². The first-order chi connectivity index (χ1) is 9.10. The Bertz CT molecular complexity index is 445. The molecule has 1 unspecified atom stereocenters. The second kappa shape index (κ2) is 6.80. The number of benzene rings is 1. The lowest BCUT2D eigenvalue weighted by molar-refractivity contribution is -0.120. The smallest absolute Gasteiger partial charge is 0.360 e. The van der Waals surface area contributed by atoms with Gasteiger partial charge in [0.05, 0.1) is 0 Å². The van der Waals surface area contributed by atoms with Crippen LogP contribution in [0.25, 0.3) is 0 Å². The Morgan fingerprint density at radius 2 is 1.85 bits per heavy atom. The molecule has 0 saturated heterocycles. The van der Waals surface area contributed by atoms with Gasteiger partial charge in [-0.1, -0.05) is 15.9 Å². The Morgan fingerprint density at radius 3 is 2.30 bits per heavy atom. The molecule has 6 heteroatoms. The molecule has 20 heavy (non-hydrogen) atoms. The first-order valence-corrected chi connectivity index (χ1v) is 7.27. The van der Waals surface area contributed by atoms with Crippen molar-refractivity contribution in [3.8, 4) is 0 Å². The van der Waals surface area contributed by atoms with E-state index in [0.717, 1.165) is 10.0 Å². The highest BCUT2D eigenvalue weighted by Crippen LogP contribution is 2.30.